The number of urea groups is 1. The lowest BCUT2D eigenvalue weighted by Gasteiger charge is -2.31. The molecular weight excluding hydrogens is 322 g/mol. The normalized spacial score (nSPS) is 17.4. The third-order valence-corrected chi connectivity index (χ3v) is 5.16. The maximum absolute atomic E-state index is 12.5. The van der Waals surface area contributed by atoms with Gasteiger partial charge in [0.1, 0.15) is 0 Å². The van der Waals surface area contributed by atoms with Crippen LogP contribution in [0.3, 0.4) is 0 Å². The molecule has 2 N–H and O–H groups in total. The fraction of sp³-hybridized carbons (Fsp3) is 0.333. The molecule has 1 aromatic heterocycles. The molecular formula is C18H21N3O2S. The monoisotopic (exact) mass is 343 g/mol. The molecule has 0 radical (unpaired) electrons. The SMILES string of the molecule is CNC(=O)C1CCCN(C(=O)Nc2cccc(-c3cccs3)c2)C1. The summed E-state index contributed by atoms with van der Waals surface area (Å²) in [5.41, 5.74) is 1.86. The van der Waals surface area contributed by atoms with Gasteiger partial charge in [-0.05, 0) is 42.0 Å². The second-order valence-corrected chi connectivity index (χ2v) is 6.84. The number of hydrogen-bond acceptors (Lipinski definition) is 3. The largest absolute Gasteiger partial charge is 0.359 e. The number of nitrogens with zero attached hydrogens (tertiary/aromatic N) is 1. The zero-order chi connectivity index (χ0) is 16.9. The van der Waals surface area contributed by atoms with Crippen LogP contribution in [0, 0.1) is 5.92 Å². The van der Waals surface area contributed by atoms with Gasteiger partial charge in [-0.25, -0.2) is 4.79 Å². The number of benzene rings is 1. The molecule has 6 heteroatoms. The van der Waals surface area contributed by atoms with Crippen molar-refractivity contribution in [3.8, 4) is 10.4 Å². The Kier molecular flexibility index (Phi) is 5.15. The first-order valence-electron chi connectivity index (χ1n) is 8.09. The minimum atomic E-state index is -0.146. The van der Waals surface area contributed by atoms with Crippen molar-refractivity contribution in [3.05, 3.63) is 41.8 Å². The number of anilines is 1. The molecule has 126 valence electrons. The van der Waals surface area contributed by atoms with Gasteiger partial charge in [0.15, 0.2) is 0 Å². The van der Waals surface area contributed by atoms with Gasteiger partial charge < -0.3 is 15.5 Å². The highest BCUT2D eigenvalue weighted by molar-refractivity contribution is 7.13. The van der Waals surface area contributed by atoms with Crippen LogP contribution in [-0.4, -0.2) is 37.0 Å². The molecule has 24 heavy (non-hydrogen) atoms. The molecule has 5 nitrogen and oxygen atoms in total. The van der Waals surface area contributed by atoms with Gasteiger partial charge in [-0.15, -0.1) is 11.3 Å². The van der Waals surface area contributed by atoms with Crippen LogP contribution in [0.15, 0.2) is 41.8 Å². The predicted octanol–water partition coefficient (Wildman–Crippen LogP) is 3.41. The average Bonchev–Trinajstić information content (AvgIpc) is 3.16. The van der Waals surface area contributed by atoms with Crippen LogP contribution >= 0.6 is 11.3 Å². The summed E-state index contributed by atoms with van der Waals surface area (Å²) < 4.78 is 0. The van der Waals surface area contributed by atoms with E-state index in [9.17, 15) is 9.59 Å². The van der Waals surface area contributed by atoms with Crippen LogP contribution in [0.2, 0.25) is 0 Å². The first-order chi connectivity index (χ1) is 11.7. The van der Waals surface area contributed by atoms with Gasteiger partial charge in [-0.2, -0.15) is 0 Å². The molecule has 1 aliphatic rings. The highest BCUT2D eigenvalue weighted by Crippen LogP contribution is 2.27. The fourth-order valence-electron chi connectivity index (χ4n) is 2.98. The molecule has 0 bridgehead atoms. The van der Waals surface area contributed by atoms with Crippen molar-refractivity contribution >= 4 is 29.0 Å². The number of amides is 3. The van der Waals surface area contributed by atoms with Gasteiger partial charge in [0.2, 0.25) is 5.91 Å². The molecule has 1 fully saturated rings. The number of piperidine rings is 1. The molecule has 0 spiro atoms. The van der Waals surface area contributed by atoms with Crippen molar-refractivity contribution in [1.82, 2.24) is 10.2 Å². The number of likely N-dealkylation sites (tertiary alicyclic amines) is 1. The Hall–Kier alpha value is -2.34. The maximum atomic E-state index is 12.5. The van der Waals surface area contributed by atoms with Crippen LogP contribution < -0.4 is 10.6 Å². The molecule has 1 atom stereocenters. The van der Waals surface area contributed by atoms with Crippen molar-refractivity contribution in [1.29, 1.82) is 0 Å². The minimum Gasteiger partial charge on any atom is -0.359 e. The average molecular weight is 343 g/mol. The van der Waals surface area contributed by atoms with Crippen LogP contribution in [0.25, 0.3) is 10.4 Å². The summed E-state index contributed by atoms with van der Waals surface area (Å²) in [7, 11) is 1.64. The molecule has 3 amide bonds. The first kappa shape index (κ1) is 16.5. The molecule has 1 unspecified atom stereocenters. The summed E-state index contributed by atoms with van der Waals surface area (Å²) >= 11 is 1.67. The van der Waals surface area contributed by atoms with E-state index in [4.69, 9.17) is 0 Å². The zero-order valence-electron chi connectivity index (χ0n) is 13.6. The lowest BCUT2D eigenvalue weighted by molar-refractivity contribution is -0.125. The first-order valence-corrected chi connectivity index (χ1v) is 8.97. The van der Waals surface area contributed by atoms with E-state index in [1.807, 2.05) is 35.7 Å². The standard InChI is InChI=1S/C18H21N3O2S/c1-19-17(22)14-6-3-9-21(12-14)18(23)20-15-7-2-5-13(11-15)16-8-4-10-24-16/h2,4-5,7-8,10-11,14H,3,6,9,12H2,1H3,(H,19,22)(H,20,23). The van der Waals surface area contributed by atoms with E-state index in [2.05, 4.69) is 16.7 Å². The van der Waals surface area contributed by atoms with Crippen molar-refractivity contribution in [2.24, 2.45) is 5.92 Å². The number of hydrogen-bond donors (Lipinski definition) is 2. The Morgan fingerprint density at radius 1 is 1.25 bits per heavy atom. The summed E-state index contributed by atoms with van der Waals surface area (Å²) in [6.07, 6.45) is 1.68. The number of rotatable bonds is 3. The second-order valence-electron chi connectivity index (χ2n) is 5.89. The Bertz CT molecular complexity index is 715. The second kappa shape index (κ2) is 7.49. The van der Waals surface area contributed by atoms with Gasteiger partial charge in [0, 0.05) is 30.7 Å². The van der Waals surface area contributed by atoms with E-state index >= 15 is 0 Å². The van der Waals surface area contributed by atoms with Gasteiger partial charge >= 0.3 is 6.03 Å². The number of nitrogens with one attached hydrogen (secondary N) is 2. The van der Waals surface area contributed by atoms with Gasteiger partial charge in [-0.1, -0.05) is 18.2 Å². The highest BCUT2D eigenvalue weighted by atomic mass is 32.1. The molecule has 0 aliphatic carbocycles. The van der Waals surface area contributed by atoms with Crippen LogP contribution in [0.5, 0.6) is 0 Å². The Morgan fingerprint density at radius 2 is 2.12 bits per heavy atom. The smallest absolute Gasteiger partial charge is 0.321 e. The van der Waals surface area contributed by atoms with Crippen LogP contribution in [-0.2, 0) is 4.79 Å². The molecule has 2 aromatic rings. The van der Waals surface area contributed by atoms with E-state index < -0.39 is 0 Å². The lowest BCUT2D eigenvalue weighted by Crippen LogP contribution is -2.46. The molecule has 1 saturated heterocycles. The number of carbonyl (C=O) groups excluding carboxylic acids is 2. The van der Waals surface area contributed by atoms with Gasteiger partial charge in [0.05, 0.1) is 5.92 Å². The third kappa shape index (κ3) is 3.76. The zero-order valence-corrected chi connectivity index (χ0v) is 14.4. The van der Waals surface area contributed by atoms with E-state index in [0.717, 1.165) is 24.1 Å². The van der Waals surface area contributed by atoms with Crippen molar-refractivity contribution in [2.75, 3.05) is 25.5 Å². The quantitative estimate of drug-likeness (QED) is 0.897. The van der Waals surface area contributed by atoms with E-state index in [1.54, 1.807) is 23.3 Å². The Balaban J connectivity index is 1.66. The van der Waals surface area contributed by atoms with Crippen molar-refractivity contribution < 1.29 is 9.59 Å². The minimum absolute atomic E-state index is 0.00666. The molecule has 3 rings (SSSR count). The van der Waals surface area contributed by atoms with E-state index in [1.165, 1.54) is 4.88 Å². The van der Waals surface area contributed by atoms with Crippen LogP contribution in [0.4, 0.5) is 10.5 Å². The van der Waals surface area contributed by atoms with E-state index in [-0.39, 0.29) is 17.9 Å². The predicted molar refractivity (Wildman–Crippen MR) is 97.1 cm³/mol. The van der Waals surface area contributed by atoms with Crippen molar-refractivity contribution in [3.63, 3.8) is 0 Å². The summed E-state index contributed by atoms with van der Waals surface area (Å²) in [4.78, 5) is 27.2. The highest BCUT2D eigenvalue weighted by Gasteiger charge is 2.27. The Labute approximate surface area is 145 Å². The fourth-order valence-corrected chi connectivity index (χ4v) is 3.70. The maximum Gasteiger partial charge on any atom is 0.321 e. The summed E-state index contributed by atoms with van der Waals surface area (Å²) in [5.74, 6) is -0.112. The number of carbonyl (C=O) groups is 2. The molecule has 2 heterocycles. The Morgan fingerprint density at radius 3 is 2.88 bits per heavy atom. The van der Waals surface area contributed by atoms with Gasteiger partial charge in [-0.3, -0.25) is 4.79 Å². The molecule has 1 aliphatic heterocycles. The lowest BCUT2D eigenvalue weighted by atomic mass is 9.97. The van der Waals surface area contributed by atoms with Crippen molar-refractivity contribution in [2.45, 2.75) is 12.8 Å². The summed E-state index contributed by atoms with van der Waals surface area (Å²) in [6.45, 7) is 1.15. The number of thiophene rings is 1. The van der Waals surface area contributed by atoms with Gasteiger partial charge in [0.25, 0.3) is 0 Å². The topological polar surface area (TPSA) is 61.4 Å². The summed E-state index contributed by atoms with van der Waals surface area (Å²) in [5, 5.41) is 7.66. The van der Waals surface area contributed by atoms with E-state index in [0.29, 0.717) is 13.1 Å². The summed E-state index contributed by atoms with van der Waals surface area (Å²) in [6, 6.07) is 11.8. The van der Waals surface area contributed by atoms with Crippen LogP contribution in [0.1, 0.15) is 12.8 Å². The third-order valence-electron chi connectivity index (χ3n) is 4.25. The molecule has 1 aromatic carbocycles. The molecule has 0 saturated carbocycles.